The number of hydrogen-bond acceptors (Lipinski definition) is 5. The van der Waals surface area contributed by atoms with E-state index in [1.807, 2.05) is 0 Å². The van der Waals surface area contributed by atoms with Crippen molar-refractivity contribution in [3.8, 4) is 0 Å². The molecule has 1 aromatic carbocycles. The van der Waals surface area contributed by atoms with Crippen LogP contribution in [0.5, 0.6) is 0 Å². The first kappa shape index (κ1) is 17.3. The van der Waals surface area contributed by atoms with Crippen LogP contribution in [0.1, 0.15) is 30.1 Å². The topological polar surface area (TPSA) is 148 Å². The second-order valence-corrected chi connectivity index (χ2v) is 5.12. The van der Waals surface area contributed by atoms with E-state index >= 15 is 0 Å². The number of benzene rings is 1. The Morgan fingerprint density at radius 3 is 2.71 bits per heavy atom. The van der Waals surface area contributed by atoms with Gasteiger partial charge in [0.1, 0.15) is 6.04 Å². The van der Waals surface area contributed by atoms with E-state index in [-0.39, 0.29) is 41.8 Å². The Hall–Kier alpha value is -3.10. The number of anilines is 1. The van der Waals surface area contributed by atoms with Crippen molar-refractivity contribution in [1.29, 1.82) is 0 Å². The average molecular weight is 334 g/mol. The molecular weight excluding hydrogens is 316 g/mol. The Balaban J connectivity index is 2.52. The lowest BCUT2D eigenvalue weighted by Gasteiger charge is -2.24. The van der Waals surface area contributed by atoms with Crippen LogP contribution in [0.25, 0.3) is 0 Å². The molecule has 0 bridgehead atoms. The molecule has 0 spiro atoms. The Morgan fingerprint density at radius 2 is 2.12 bits per heavy atom. The molecule has 1 aromatic rings. The third-order valence-electron chi connectivity index (χ3n) is 3.50. The number of aliphatic imine (C=N–C) groups is 1. The number of carboxylic acid groups (broad SMARTS) is 1. The number of nitrogens with zero attached hydrogens (tertiary/aromatic N) is 2. The minimum atomic E-state index is -1.16. The number of aromatic carboxylic acids is 1. The number of rotatable bonds is 5. The molecule has 1 atom stereocenters. The Morgan fingerprint density at radius 1 is 1.42 bits per heavy atom. The maximum absolute atomic E-state index is 12.2. The maximum atomic E-state index is 12.2. The number of hydrogen-bond donors (Lipinski definition) is 3. The summed E-state index contributed by atoms with van der Waals surface area (Å²) in [6.45, 7) is 1.86. The molecule has 0 radical (unpaired) electrons. The Bertz CT molecular complexity index is 712. The fraction of sp³-hybridized carbons (Fsp3) is 0.333. The fourth-order valence-corrected chi connectivity index (χ4v) is 2.54. The highest BCUT2D eigenvalue weighted by Gasteiger charge is 2.39. The molecule has 9 nitrogen and oxygen atoms in total. The number of ether oxygens (including phenoxy) is 1. The molecular formula is C15H18N4O5. The van der Waals surface area contributed by atoms with Gasteiger partial charge in [-0.25, -0.2) is 14.6 Å². The van der Waals surface area contributed by atoms with E-state index in [1.54, 1.807) is 6.92 Å². The zero-order chi connectivity index (χ0) is 17.9. The van der Waals surface area contributed by atoms with Gasteiger partial charge < -0.3 is 21.3 Å². The molecule has 1 saturated heterocycles. The van der Waals surface area contributed by atoms with Gasteiger partial charge in [-0.1, -0.05) is 0 Å². The van der Waals surface area contributed by atoms with Gasteiger partial charge in [0.2, 0.25) is 5.91 Å². The van der Waals surface area contributed by atoms with Gasteiger partial charge in [-0.15, -0.1) is 0 Å². The molecule has 0 saturated carbocycles. The Labute approximate surface area is 137 Å². The monoisotopic (exact) mass is 334 g/mol. The standard InChI is InChI=1S/C15H18N4O5/c1-2-24-14(23)11-5-6-12(20)19(11)10-4-3-8(13(21)22)7-9(10)18-15(16)17/h3-4,7,11H,2,5-6H2,1H3,(H,21,22)(H4,16,17,18). The highest BCUT2D eigenvalue weighted by molar-refractivity contribution is 6.05. The van der Waals surface area contributed by atoms with E-state index in [4.69, 9.17) is 21.3 Å². The highest BCUT2D eigenvalue weighted by Crippen LogP contribution is 2.35. The van der Waals surface area contributed by atoms with E-state index in [2.05, 4.69) is 4.99 Å². The van der Waals surface area contributed by atoms with E-state index in [9.17, 15) is 14.4 Å². The van der Waals surface area contributed by atoms with Crippen LogP contribution >= 0.6 is 0 Å². The molecule has 9 heteroatoms. The lowest BCUT2D eigenvalue weighted by molar-refractivity contribution is -0.144. The number of guanidine groups is 1. The first-order chi connectivity index (χ1) is 11.3. The van der Waals surface area contributed by atoms with Crippen LogP contribution in [-0.4, -0.2) is 41.6 Å². The predicted molar refractivity (Wildman–Crippen MR) is 86.0 cm³/mol. The number of amides is 1. The largest absolute Gasteiger partial charge is 0.478 e. The second kappa shape index (κ2) is 6.99. The van der Waals surface area contributed by atoms with Crippen molar-refractivity contribution in [1.82, 2.24) is 0 Å². The van der Waals surface area contributed by atoms with Gasteiger partial charge in [-0.2, -0.15) is 0 Å². The smallest absolute Gasteiger partial charge is 0.335 e. The first-order valence-corrected chi connectivity index (χ1v) is 7.30. The van der Waals surface area contributed by atoms with Gasteiger partial charge in [-0.05, 0) is 31.5 Å². The average Bonchev–Trinajstić information content (AvgIpc) is 2.88. The van der Waals surface area contributed by atoms with Crippen molar-refractivity contribution in [2.75, 3.05) is 11.5 Å². The number of esters is 1. The summed E-state index contributed by atoms with van der Waals surface area (Å²) >= 11 is 0. The van der Waals surface area contributed by atoms with Crippen molar-refractivity contribution in [3.05, 3.63) is 23.8 Å². The summed E-state index contributed by atoms with van der Waals surface area (Å²) in [4.78, 5) is 40.6. The van der Waals surface area contributed by atoms with Crippen molar-refractivity contribution in [2.45, 2.75) is 25.8 Å². The van der Waals surface area contributed by atoms with Gasteiger partial charge in [0, 0.05) is 6.42 Å². The molecule has 1 fully saturated rings. The van der Waals surface area contributed by atoms with Gasteiger partial charge in [0.05, 0.1) is 23.5 Å². The molecule has 1 unspecified atom stereocenters. The summed E-state index contributed by atoms with van der Waals surface area (Å²) in [5.41, 5.74) is 11.1. The predicted octanol–water partition coefficient (Wildman–Crippen LogP) is 0.348. The molecule has 1 amide bonds. The van der Waals surface area contributed by atoms with Gasteiger partial charge in [0.25, 0.3) is 0 Å². The number of carboxylic acids is 1. The van der Waals surface area contributed by atoms with Crippen LogP contribution < -0.4 is 16.4 Å². The zero-order valence-corrected chi connectivity index (χ0v) is 13.1. The zero-order valence-electron chi connectivity index (χ0n) is 13.1. The van der Waals surface area contributed by atoms with E-state index in [0.29, 0.717) is 6.42 Å². The quantitative estimate of drug-likeness (QED) is 0.399. The van der Waals surface area contributed by atoms with Gasteiger partial charge >= 0.3 is 11.9 Å². The maximum Gasteiger partial charge on any atom is 0.335 e. The SMILES string of the molecule is CCOC(=O)C1CCC(=O)N1c1ccc(C(=O)O)cc1N=C(N)N. The minimum absolute atomic E-state index is 0.0434. The normalized spacial score (nSPS) is 16.8. The second-order valence-electron chi connectivity index (χ2n) is 5.12. The summed E-state index contributed by atoms with van der Waals surface area (Å²) in [6, 6.07) is 3.17. The summed E-state index contributed by atoms with van der Waals surface area (Å²) in [5, 5.41) is 9.10. The van der Waals surface area contributed by atoms with E-state index in [0.717, 1.165) is 0 Å². The molecule has 128 valence electrons. The molecule has 5 N–H and O–H groups in total. The molecule has 0 aliphatic carbocycles. The summed E-state index contributed by atoms with van der Waals surface area (Å²) in [5.74, 6) is -2.27. The molecule has 24 heavy (non-hydrogen) atoms. The number of nitrogens with two attached hydrogens (primary N) is 2. The van der Waals surface area contributed by atoms with Gasteiger partial charge in [0.15, 0.2) is 5.96 Å². The van der Waals surface area contributed by atoms with Crippen molar-refractivity contribution in [2.24, 2.45) is 16.5 Å². The molecule has 1 aliphatic heterocycles. The van der Waals surface area contributed by atoms with Crippen molar-refractivity contribution < 1.29 is 24.2 Å². The minimum Gasteiger partial charge on any atom is -0.478 e. The molecule has 1 aliphatic rings. The summed E-state index contributed by atoms with van der Waals surface area (Å²) in [6.07, 6.45) is 0.477. The third-order valence-corrected chi connectivity index (χ3v) is 3.50. The number of carbonyl (C=O) groups excluding carboxylic acids is 2. The molecule has 1 heterocycles. The van der Waals surface area contributed by atoms with E-state index in [1.165, 1.54) is 23.1 Å². The lowest BCUT2D eigenvalue weighted by atomic mass is 10.1. The summed E-state index contributed by atoms with van der Waals surface area (Å²) in [7, 11) is 0. The molecule has 2 rings (SSSR count). The van der Waals surface area contributed by atoms with Crippen molar-refractivity contribution >= 4 is 35.2 Å². The molecule has 0 aromatic heterocycles. The van der Waals surface area contributed by atoms with Crippen LogP contribution in [0.15, 0.2) is 23.2 Å². The van der Waals surface area contributed by atoms with E-state index < -0.39 is 18.0 Å². The fourth-order valence-electron chi connectivity index (χ4n) is 2.54. The van der Waals surface area contributed by atoms with Crippen LogP contribution in [0, 0.1) is 0 Å². The van der Waals surface area contributed by atoms with Gasteiger partial charge in [-0.3, -0.25) is 9.69 Å². The third kappa shape index (κ3) is 3.45. The van der Waals surface area contributed by atoms with Crippen LogP contribution in [0.4, 0.5) is 11.4 Å². The van der Waals surface area contributed by atoms with Crippen LogP contribution in [0.3, 0.4) is 0 Å². The van der Waals surface area contributed by atoms with Crippen molar-refractivity contribution in [3.63, 3.8) is 0 Å². The highest BCUT2D eigenvalue weighted by atomic mass is 16.5. The summed E-state index contributed by atoms with van der Waals surface area (Å²) < 4.78 is 5.00. The number of carbonyl (C=O) groups is 3. The first-order valence-electron chi connectivity index (χ1n) is 7.30. The Kier molecular flexibility index (Phi) is 5.02. The lowest BCUT2D eigenvalue weighted by Crippen LogP contribution is -2.40. The van der Waals surface area contributed by atoms with Crippen LogP contribution in [0.2, 0.25) is 0 Å². The van der Waals surface area contributed by atoms with Crippen LogP contribution in [-0.2, 0) is 14.3 Å².